The molecule has 0 heterocycles. The summed E-state index contributed by atoms with van der Waals surface area (Å²) in [4.78, 5) is 0. The van der Waals surface area contributed by atoms with Crippen LogP contribution in [0.25, 0.3) is 0 Å². The SMILES string of the molecule is Cc1cc(C#CCO)ccc1O. The summed E-state index contributed by atoms with van der Waals surface area (Å²) in [5, 5.41) is 17.6. The Morgan fingerprint density at radius 1 is 1.42 bits per heavy atom. The molecule has 0 saturated heterocycles. The molecule has 62 valence electrons. The van der Waals surface area contributed by atoms with E-state index >= 15 is 0 Å². The fourth-order valence-corrected chi connectivity index (χ4v) is 0.875. The lowest BCUT2D eigenvalue weighted by Crippen LogP contribution is -1.79. The molecular weight excluding hydrogens is 152 g/mol. The van der Waals surface area contributed by atoms with Crippen molar-refractivity contribution in [2.24, 2.45) is 0 Å². The van der Waals surface area contributed by atoms with Gasteiger partial charge in [-0.25, -0.2) is 0 Å². The van der Waals surface area contributed by atoms with Gasteiger partial charge in [-0.15, -0.1) is 0 Å². The van der Waals surface area contributed by atoms with Crippen LogP contribution in [0.3, 0.4) is 0 Å². The van der Waals surface area contributed by atoms with Crippen molar-refractivity contribution in [2.75, 3.05) is 6.61 Å². The van der Waals surface area contributed by atoms with E-state index in [1.54, 1.807) is 25.1 Å². The van der Waals surface area contributed by atoms with Crippen LogP contribution in [0.5, 0.6) is 5.75 Å². The first-order chi connectivity index (χ1) is 5.74. The number of phenols is 1. The molecule has 0 spiro atoms. The molecule has 0 aromatic heterocycles. The topological polar surface area (TPSA) is 40.5 Å². The number of hydrogen-bond donors (Lipinski definition) is 2. The van der Waals surface area contributed by atoms with E-state index in [-0.39, 0.29) is 12.4 Å². The van der Waals surface area contributed by atoms with Crippen LogP contribution in [-0.4, -0.2) is 16.8 Å². The Bertz CT molecular complexity index is 331. The zero-order valence-electron chi connectivity index (χ0n) is 6.83. The number of aliphatic hydroxyl groups excluding tert-OH is 1. The lowest BCUT2D eigenvalue weighted by Gasteiger charge is -1.97. The predicted octanol–water partition coefficient (Wildman–Crippen LogP) is 1.04. The van der Waals surface area contributed by atoms with Crippen molar-refractivity contribution >= 4 is 0 Å². The van der Waals surface area contributed by atoms with E-state index in [0.717, 1.165) is 11.1 Å². The lowest BCUT2D eigenvalue weighted by atomic mass is 10.1. The molecule has 0 radical (unpaired) electrons. The lowest BCUT2D eigenvalue weighted by molar-refractivity contribution is 0.350. The van der Waals surface area contributed by atoms with Gasteiger partial charge < -0.3 is 10.2 Å². The zero-order valence-corrected chi connectivity index (χ0v) is 6.83. The van der Waals surface area contributed by atoms with Gasteiger partial charge in [-0.3, -0.25) is 0 Å². The van der Waals surface area contributed by atoms with Gasteiger partial charge in [0.05, 0.1) is 0 Å². The van der Waals surface area contributed by atoms with Crippen molar-refractivity contribution in [3.63, 3.8) is 0 Å². The number of hydrogen-bond acceptors (Lipinski definition) is 2. The molecule has 0 saturated carbocycles. The highest BCUT2D eigenvalue weighted by atomic mass is 16.3. The third-order valence-electron chi connectivity index (χ3n) is 1.51. The summed E-state index contributed by atoms with van der Waals surface area (Å²) in [5.41, 5.74) is 1.60. The molecule has 1 aromatic carbocycles. The van der Waals surface area contributed by atoms with Gasteiger partial charge in [-0.05, 0) is 30.7 Å². The second-order valence-corrected chi connectivity index (χ2v) is 2.46. The molecule has 0 atom stereocenters. The minimum absolute atomic E-state index is 0.139. The molecule has 0 bridgehead atoms. The highest BCUT2D eigenvalue weighted by Gasteiger charge is 1.94. The maximum Gasteiger partial charge on any atom is 0.118 e. The second kappa shape index (κ2) is 3.80. The number of rotatable bonds is 0. The summed E-state index contributed by atoms with van der Waals surface area (Å²) < 4.78 is 0. The van der Waals surface area contributed by atoms with Crippen molar-refractivity contribution < 1.29 is 10.2 Å². The third-order valence-corrected chi connectivity index (χ3v) is 1.51. The van der Waals surface area contributed by atoms with Crippen molar-refractivity contribution in [3.05, 3.63) is 29.3 Å². The number of phenolic OH excluding ortho intramolecular Hbond substituents is 1. The summed E-state index contributed by atoms with van der Waals surface area (Å²) in [6, 6.07) is 5.08. The van der Waals surface area contributed by atoms with Gasteiger partial charge in [0.25, 0.3) is 0 Å². The summed E-state index contributed by atoms with van der Waals surface area (Å²) in [6.07, 6.45) is 0. The highest BCUT2D eigenvalue weighted by molar-refractivity contribution is 5.42. The average Bonchev–Trinajstić information content (AvgIpc) is 2.07. The Labute approximate surface area is 71.5 Å². The van der Waals surface area contributed by atoms with Crippen molar-refractivity contribution in [2.45, 2.75) is 6.92 Å². The molecule has 1 rings (SSSR count). The van der Waals surface area contributed by atoms with Gasteiger partial charge in [-0.2, -0.15) is 0 Å². The number of aromatic hydroxyl groups is 1. The zero-order chi connectivity index (χ0) is 8.97. The molecule has 0 unspecified atom stereocenters. The fourth-order valence-electron chi connectivity index (χ4n) is 0.875. The minimum Gasteiger partial charge on any atom is -0.508 e. The molecule has 0 fully saturated rings. The van der Waals surface area contributed by atoms with E-state index in [4.69, 9.17) is 5.11 Å². The van der Waals surface area contributed by atoms with E-state index < -0.39 is 0 Å². The van der Waals surface area contributed by atoms with Gasteiger partial charge in [0.2, 0.25) is 0 Å². The Morgan fingerprint density at radius 3 is 2.75 bits per heavy atom. The van der Waals surface area contributed by atoms with Gasteiger partial charge in [0, 0.05) is 5.56 Å². The molecule has 0 aliphatic carbocycles. The molecular formula is C10H10O2. The molecule has 2 N–H and O–H groups in total. The maximum atomic E-state index is 9.17. The van der Waals surface area contributed by atoms with Crippen molar-refractivity contribution in [1.29, 1.82) is 0 Å². The van der Waals surface area contributed by atoms with Crippen LogP contribution >= 0.6 is 0 Å². The van der Waals surface area contributed by atoms with E-state index in [0.29, 0.717) is 0 Å². The van der Waals surface area contributed by atoms with Crippen LogP contribution < -0.4 is 0 Å². The first kappa shape index (κ1) is 8.63. The quantitative estimate of drug-likeness (QED) is 0.560. The van der Waals surface area contributed by atoms with E-state index in [1.165, 1.54) is 0 Å². The van der Waals surface area contributed by atoms with Crippen LogP contribution in [0.15, 0.2) is 18.2 Å². The Morgan fingerprint density at radius 2 is 2.17 bits per heavy atom. The van der Waals surface area contributed by atoms with Gasteiger partial charge in [0.15, 0.2) is 0 Å². The van der Waals surface area contributed by atoms with Gasteiger partial charge >= 0.3 is 0 Å². The fraction of sp³-hybridized carbons (Fsp3) is 0.200. The molecule has 0 aliphatic heterocycles. The van der Waals surface area contributed by atoms with E-state index in [2.05, 4.69) is 11.8 Å². The largest absolute Gasteiger partial charge is 0.508 e. The Balaban J connectivity index is 2.97. The first-order valence-electron chi connectivity index (χ1n) is 3.63. The molecule has 0 amide bonds. The van der Waals surface area contributed by atoms with Crippen molar-refractivity contribution in [3.8, 4) is 17.6 Å². The summed E-state index contributed by atoms with van der Waals surface area (Å²) >= 11 is 0. The normalized spacial score (nSPS) is 8.83. The van der Waals surface area contributed by atoms with E-state index in [1.807, 2.05) is 0 Å². The molecule has 12 heavy (non-hydrogen) atoms. The highest BCUT2D eigenvalue weighted by Crippen LogP contribution is 2.15. The van der Waals surface area contributed by atoms with Gasteiger partial charge in [0.1, 0.15) is 12.4 Å². The molecule has 1 aromatic rings. The first-order valence-corrected chi connectivity index (χ1v) is 3.63. The summed E-state index contributed by atoms with van der Waals surface area (Å²) in [6.45, 7) is 1.67. The minimum atomic E-state index is -0.139. The number of benzene rings is 1. The second-order valence-electron chi connectivity index (χ2n) is 2.46. The van der Waals surface area contributed by atoms with Crippen LogP contribution in [0, 0.1) is 18.8 Å². The Kier molecular flexibility index (Phi) is 2.73. The van der Waals surface area contributed by atoms with Crippen molar-refractivity contribution in [1.82, 2.24) is 0 Å². The molecule has 2 nitrogen and oxygen atoms in total. The van der Waals surface area contributed by atoms with Crippen LogP contribution in [0.2, 0.25) is 0 Å². The number of aliphatic hydroxyl groups is 1. The smallest absolute Gasteiger partial charge is 0.118 e. The van der Waals surface area contributed by atoms with Crippen LogP contribution in [0.4, 0.5) is 0 Å². The third kappa shape index (κ3) is 2.01. The summed E-state index contributed by atoms with van der Waals surface area (Å²) in [5.74, 6) is 5.55. The van der Waals surface area contributed by atoms with Gasteiger partial charge in [-0.1, -0.05) is 11.8 Å². The molecule has 0 aliphatic rings. The van der Waals surface area contributed by atoms with Crippen LogP contribution in [0.1, 0.15) is 11.1 Å². The maximum absolute atomic E-state index is 9.17. The predicted molar refractivity (Wildman–Crippen MR) is 46.8 cm³/mol. The van der Waals surface area contributed by atoms with Crippen LogP contribution in [-0.2, 0) is 0 Å². The molecule has 2 heteroatoms. The van der Waals surface area contributed by atoms with E-state index in [9.17, 15) is 5.11 Å². The average molecular weight is 162 g/mol. The summed E-state index contributed by atoms with van der Waals surface area (Å²) in [7, 11) is 0. The monoisotopic (exact) mass is 162 g/mol. The number of aryl methyl sites for hydroxylation is 1. The Hall–Kier alpha value is -1.46. The standard InChI is InChI=1S/C10H10O2/c1-8-7-9(3-2-6-11)4-5-10(8)12/h4-5,7,11-12H,6H2,1H3.